The average molecular weight is 506 g/mol. The molecule has 0 saturated carbocycles. The first-order chi connectivity index (χ1) is 17.7. The number of carbonyl (C=O) groups excluding carboxylic acids is 2. The quantitative estimate of drug-likeness (QED) is 0.448. The van der Waals surface area contributed by atoms with Gasteiger partial charge in [0.2, 0.25) is 5.76 Å². The normalized spacial score (nSPS) is 14.3. The number of amides is 2. The van der Waals surface area contributed by atoms with Crippen LogP contribution in [0.4, 0.5) is 5.69 Å². The number of aryl methyl sites for hydroxylation is 1. The number of aromatic nitrogens is 1. The molecular weight excluding hydrogens is 470 g/mol. The Bertz CT molecular complexity index is 1270. The predicted octanol–water partition coefficient (Wildman–Crippen LogP) is 5.36. The molecule has 0 radical (unpaired) electrons. The van der Waals surface area contributed by atoms with E-state index in [0.717, 1.165) is 42.7 Å². The van der Waals surface area contributed by atoms with Crippen molar-refractivity contribution in [2.24, 2.45) is 5.92 Å². The summed E-state index contributed by atoms with van der Waals surface area (Å²) in [6, 6.07) is 12.8. The van der Waals surface area contributed by atoms with Gasteiger partial charge in [-0.15, -0.1) is 0 Å². The van der Waals surface area contributed by atoms with Crippen LogP contribution in [0, 0.1) is 12.8 Å². The first kappa shape index (κ1) is 26.4. The molecule has 4 rings (SSSR count). The number of nitrogens with zero attached hydrogens (tertiary/aromatic N) is 1. The summed E-state index contributed by atoms with van der Waals surface area (Å²) in [5, 5.41) is 10.0. The third-order valence-electron chi connectivity index (χ3n) is 6.71. The Morgan fingerprint density at radius 1 is 1.05 bits per heavy atom. The zero-order valence-electron chi connectivity index (χ0n) is 22.1. The summed E-state index contributed by atoms with van der Waals surface area (Å²) in [5.41, 5.74) is 4.21. The lowest BCUT2D eigenvalue weighted by molar-refractivity contribution is 0.0637. The van der Waals surface area contributed by atoms with E-state index in [2.05, 4.69) is 36.6 Å². The number of benzene rings is 2. The van der Waals surface area contributed by atoms with Crippen molar-refractivity contribution in [3.05, 3.63) is 64.9 Å². The van der Waals surface area contributed by atoms with Crippen LogP contribution in [0.25, 0.3) is 11.3 Å². The van der Waals surface area contributed by atoms with E-state index in [1.54, 1.807) is 13.2 Å². The van der Waals surface area contributed by atoms with E-state index in [1.807, 2.05) is 43.3 Å². The summed E-state index contributed by atoms with van der Waals surface area (Å²) in [6.45, 7) is 10.3. The largest absolute Gasteiger partial charge is 0.496 e. The van der Waals surface area contributed by atoms with E-state index >= 15 is 0 Å². The second-order valence-corrected chi connectivity index (χ2v) is 10.5. The maximum absolute atomic E-state index is 13.2. The van der Waals surface area contributed by atoms with E-state index in [0.29, 0.717) is 35.2 Å². The van der Waals surface area contributed by atoms with Crippen molar-refractivity contribution in [2.45, 2.75) is 46.0 Å². The molecule has 2 aromatic carbocycles. The van der Waals surface area contributed by atoms with Gasteiger partial charge in [-0.05, 0) is 66.5 Å². The zero-order chi connectivity index (χ0) is 26.6. The summed E-state index contributed by atoms with van der Waals surface area (Å²) in [7, 11) is 1.55. The highest BCUT2D eigenvalue weighted by molar-refractivity contribution is 6.06. The third-order valence-corrected chi connectivity index (χ3v) is 6.71. The number of anilines is 1. The van der Waals surface area contributed by atoms with Crippen molar-refractivity contribution in [1.29, 1.82) is 0 Å². The topological polar surface area (TPSA) is 103 Å². The molecule has 2 heterocycles. The molecule has 0 aliphatic carbocycles. The van der Waals surface area contributed by atoms with Crippen molar-refractivity contribution >= 4 is 17.5 Å². The van der Waals surface area contributed by atoms with Crippen LogP contribution >= 0.6 is 0 Å². The number of hydrogen-bond acceptors (Lipinski definition) is 6. The lowest BCUT2D eigenvalue weighted by Gasteiger charge is -2.21. The van der Waals surface area contributed by atoms with E-state index in [-0.39, 0.29) is 23.0 Å². The molecule has 0 unspecified atom stereocenters. The van der Waals surface area contributed by atoms with E-state index in [1.165, 1.54) is 0 Å². The molecule has 0 atom stereocenters. The van der Waals surface area contributed by atoms with Gasteiger partial charge in [0.25, 0.3) is 11.8 Å². The molecule has 8 heteroatoms. The van der Waals surface area contributed by atoms with Gasteiger partial charge in [0, 0.05) is 37.1 Å². The lowest BCUT2D eigenvalue weighted by Crippen LogP contribution is -2.31. The number of rotatable bonds is 7. The highest BCUT2D eigenvalue weighted by atomic mass is 16.5. The van der Waals surface area contributed by atoms with Crippen LogP contribution in [-0.4, -0.2) is 43.8 Å². The number of nitrogens with one attached hydrogen (secondary N) is 2. The van der Waals surface area contributed by atoms with Crippen molar-refractivity contribution in [2.75, 3.05) is 32.2 Å². The van der Waals surface area contributed by atoms with Gasteiger partial charge in [-0.25, -0.2) is 0 Å². The minimum absolute atomic E-state index is 0.111. The molecular formula is C29H35N3O5. The molecule has 37 heavy (non-hydrogen) atoms. The summed E-state index contributed by atoms with van der Waals surface area (Å²) >= 11 is 0. The second-order valence-electron chi connectivity index (χ2n) is 10.5. The molecule has 196 valence electrons. The lowest BCUT2D eigenvalue weighted by atomic mass is 9.86. The standard InChI is InChI=1S/C29H35N3O5/c1-18-6-8-21(31-27(33)23-14-20(29(2,3)4)7-9-25(23)35-5)15-22(18)24-16-26(37-32-24)28(34)30-17-19-10-12-36-13-11-19/h6-9,14-16,19H,10-13,17H2,1-5H3,(H,30,34)(H,31,33). The van der Waals surface area contributed by atoms with Crippen LogP contribution in [0.1, 0.15) is 65.7 Å². The van der Waals surface area contributed by atoms with Crippen molar-refractivity contribution in [1.82, 2.24) is 10.5 Å². The molecule has 2 N–H and O–H groups in total. The molecule has 1 aliphatic heterocycles. The minimum atomic E-state index is -0.293. The predicted molar refractivity (Wildman–Crippen MR) is 142 cm³/mol. The summed E-state index contributed by atoms with van der Waals surface area (Å²) < 4.78 is 16.2. The average Bonchev–Trinajstić information content (AvgIpc) is 3.38. The van der Waals surface area contributed by atoms with Gasteiger partial charge >= 0.3 is 0 Å². The zero-order valence-corrected chi connectivity index (χ0v) is 22.1. The van der Waals surface area contributed by atoms with E-state index < -0.39 is 0 Å². The van der Waals surface area contributed by atoms with Crippen molar-refractivity contribution < 1.29 is 23.6 Å². The van der Waals surface area contributed by atoms with Gasteiger partial charge in [0.05, 0.1) is 12.7 Å². The number of carbonyl (C=O) groups is 2. The molecule has 0 bridgehead atoms. The van der Waals surface area contributed by atoms with Crippen LogP contribution in [0.15, 0.2) is 47.0 Å². The van der Waals surface area contributed by atoms with Crippen LogP contribution in [0.5, 0.6) is 5.75 Å². The Morgan fingerprint density at radius 2 is 1.81 bits per heavy atom. The fourth-order valence-corrected chi connectivity index (χ4v) is 4.31. The Hall–Kier alpha value is -3.65. The molecule has 1 aliphatic rings. The number of methoxy groups -OCH3 is 1. The molecule has 1 aromatic heterocycles. The molecule has 1 saturated heterocycles. The second kappa shape index (κ2) is 11.2. The third kappa shape index (κ3) is 6.38. The van der Waals surface area contributed by atoms with Crippen molar-refractivity contribution in [3.63, 3.8) is 0 Å². The van der Waals surface area contributed by atoms with Crippen LogP contribution in [0.3, 0.4) is 0 Å². The van der Waals surface area contributed by atoms with E-state index in [9.17, 15) is 9.59 Å². The molecule has 3 aromatic rings. The molecule has 0 spiro atoms. The Labute approximate surface area is 217 Å². The Kier molecular flexibility index (Phi) is 7.97. The summed E-state index contributed by atoms with van der Waals surface area (Å²) in [5.74, 6) is 0.500. The SMILES string of the molecule is COc1ccc(C(C)(C)C)cc1C(=O)Nc1ccc(C)c(-c2cc(C(=O)NCC3CCOCC3)on2)c1. The fraction of sp³-hybridized carbons (Fsp3) is 0.414. The minimum Gasteiger partial charge on any atom is -0.496 e. The smallest absolute Gasteiger partial charge is 0.289 e. The van der Waals surface area contributed by atoms with E-state index in [4.69, 9.17) is 14.0 Å². The molecule has 1 fully saturated rings. The number of ether oxygens (including phenoxy) is 2. The van der Waals surface area contributed by atoms with Gasteiger partial charge in [0.15, 0.2) is 0 Å². The van der Waals surface area contributed by atoms with Gasteiger partial charge in [-0.3, -0.25) is 9.59 Å². The first-order valence-corrected chi connectivity index (χ1v) is 12.6. The summed E-state index contributed by atoms with van der Waals surface area (Å²) in [4.78, 5) is 25.8. The molecule has 2 amide bonds. The maximum atomic E-state index is 13.2. The van der Waals surface area contributed by atoms with Crippen molar-refractivity contribution in [3.8, 4) is 17.0 Å². The highest BCUT2D eigenvalue weighted by Gasteiger charge is 2.21. The Morgan fingerprint density at radius 3 is 2.51 bits per heavy atom. The fourth-order valence-electron chi connectivity index (χ4n) is 4.31. The van der Waals surface area contributed by atoms with Crippen LogP contribution in [0.2, 0.25) is 0 Å². The van der Waals surface area contributed by atoms with Gasteiger partial charge in [0.1, 0.15) is 11.4 Å². The monoisotopic (exact) mass is 505 g/mol. The maximum Gasteiger partial charge on any atom is 0.289 e. The van der Waals surface area contributed by atoms with Gasteiger partial charge < -0.3 is 24.6 Å². The Balaban J connectivity index is 1.49. The van der Waals surface area contributed by atoms with Crippen LogP contribution in [-0.2, 0) is 10.2 Å². The first-order valence-electron chi connectivity index (χ1n) is 12.6. The van der Waals surface area contributed by atoms with Crippen LogP contribution < -0.4 is 15.4 Å². The highest BCUT2D eigenvalue weighted by Crippen LogP contribution is 2.30. The van der Waals surface area contributed by atoms with Gasteiger partial charge in [-0.2, -0.15) is 0 Å². The summed E-state index contributed by atoms with van der Waals surface area (Å²) in [6.07, 6.45) is 1.87. The van der Waals surface area contributed by atoms with Gasteiger partial charge in [-0.1, -0.05) is 38.1 Å². The molecule has 8 nitrogen and oxygen atoms in total. The number of hydrogen-bond donors (Lipinski definition) is 2.